The second kappa shape index (κ2) is 8.25. The average molecular weight is 332 g/mol. The van der Waals surface area contributed by atoms with Crippen molar-refractivity contribution in [3.63, 3.8) is 0 Å². The van der Waals surface area contributed by atoms with Crippen LogP contribution in [0.3, 0.4) is 0 Å². The molecule has 0 bridgehead atoms. The fraction of sp³-hybridized carbons (Fsp3) is 0.933. The highest BCUT2D eigenvalue weighted by Crippen LogP contribution is 2.24. The Kier molecular flexibility index (Phi) is 6.65. The van der Waals surface area contributed by atoms with Crippen molar-refractivity contribution in [2.24, 2.45) is 0 Å². The normalized spacial score (nSPS) is 27.7. The maximum absolute atomic E-state index is 12.3. The number of hydrogen-bond acceptors (Lipinski definition) is 2. The highest BCUT2D eigenvalue weighted by molar-refractivity contribution is 9.09. The third kappa shape index (κ3) is 4.75. The summed E-state index contributed by atoms with van der Waals surface area (Å²) in [6, 6.07) is 0.498. The first-order valence-electron chi connectivity index (χ1n) is 7.78. The average Bonchev–Trinajstić information content (AvgIpc) is 2.92. The van der Waals surface area contributed by atoms with Gasteiger partial charge in [0, 0.05) is 30.9 Å². The fourth-order valence-corrected chi connectivity index (χ4v) is 3.56. The number of rotatable bonds is 6. The van der Waals surface area contributed by atoms with Crippen molar-refractivity contribution >= 4 is 21.8 Å². The number of nitrogens with zero attached hydrogens (tertiary/aromatic N) is 1. The van der Waals surface area contributed by atoms with Gasteiger partial charge in [-0.3, -0.25) is 4.79 Å². The summed E-state index contributed by atoms with van der Waals surface area (Å²) in [5.41, 5.74) is 0. The van der Waals surface area contributed by atoms with Gasteiger partial charge in [0.05, 0.1) is 6.10 Å². The molecule has 4 heteroatoms. The minimum Gasteiger partial charge on any atom is -0.378 e. The van der Waals surface area contributed by atoms with Crippen LogP contribution in [-0.2, 0) is 9.53 Å². The first-order valence-corrected chi connectivity index (χ1v) is 8.90. The van der Waals surface area contributed by atoms with Crippen molar-refractivity contribution in [2.45, 2.75) is 69.9 Å². The molecule has 0 saturated carbocycles. The molecule has 2 fully saturated rings. The predicted octanol–water partition coefficient (Wildman–Crippen LogP) is 3.50. The molecule has 0 aliphatic carbocycles. The Hall–Kier alpha value is -0.0900. The lowest BCUT2D eigenvalue weighted by molar-refractivity contribution is -0.133. The largest absolute Gasteiger partial charge is 0.378 e. The topological polar surface area (TPSA) is 29.5 Å². The summed E-state index contributed by atoms with van der Waals surface area (Å²) in [5.74, 6) is 0.353. The van der Waals surface area contributed by atoms with Crippen LogP contribution in [0.1, 0.15) is 57.8 Å². The fourth-order valence-electron chi connectivity index (χ4n) is 3.24. The summed E-state index contributed by atoms with van der Waals surface area (Å²) in [4.78, 5) is 14.5. The zero-order chi connectivity index (χ0) is 13.5. The summed E-state index contributed by atoms with van der Waals surface area (Å²) >= 11 is 3.48. The molecule has 0 spiro atoms. The molecule has 2 aliphatic heterocycles. The van der Waals surface area contributed by atoms with Gasteiger partial charge in [-0.2, -0.15) is 0 Å². The molecule has 2 atom stereocenters. The second-order valence-electron chi connectivity index (χ2n) is 5.74. The second-order valence-corrected chi connectivity index (χ2v) is 6.53. The molecule has 2 saturated heterocycles. The van der Waals surface area contributed by atoms with E-state index in [1.807, 2.05) is 0 Å². The Labute approximate surface area is 125 Å². The Bertz CT molecular complexity index is 279. The Morgan fingerprint density at radius 2 is 2.11 bits per heavy atom. The summed E-state index contributed by atoms with van der Waals surface area (Å²) in [5, 5.41) is 1.04. The molecule has 0 aromatic carbocycles. The van der Waals surface area contributed by atoms with Crippen LogP contribution in [0.15, 0.2) is 0 Å². The maximum atomic E-state index is 12.3. The number of alkyl halides is 1. The zero-order valence-electron chi connectivity index (χ0n) is 11.8. The van der Waals surface area contributed by atoms with Gasteiger partial charge in [-0.05, 0) is 51.4 Å². The van der Waals surface area contributed by atoms with Crippen molar-refractivity contribution in [2.75, 3.05) is 18.5 Å². The number of amides is 1. The van der Waals surface area contributed by atoms with Crippen LogP contribution < -0.4 is 0 Å². The Morgan fingerprint density at radius 3 is 2.84 bits per heavy atom. The molecule has 2 unspecified atom stereocenters. The van der Waals surface area contributed by atoms with Crippen LogP contribution in [0, 0.1) is 0 Å². The van der Waals surface area contributed by atoms with Gasteiger partial charge in [-0.15, -0.1) is 0 Å². The molecule has 2 aliphatic rings. The predicted molar refractivity (Wildman–Crippen MR) is 80.6 cm³/mol. The molecule has 1 amide bonds. The SMILES string of the molecule is O=C(CCC1CCCCO1)N1CCCC1CCCBr. The lowest BCUT2D eigenvalue weighted by Crippen LogP contribution is -2.36. The Morgan fingerprint density at radius 1 is 1.21 bits per heavy atom. The first kappa shape index (κ1) is 15.3. The van der Waals surface area contributed by atoms with Crippen LogP contribution in [0.5, 0.6) is 0 Å². The minimum absolute atomic E-state index is 0.335. The molecule has 3 nitrogen and oxygen atoms in total. The first-order chi connectivity index (χ1) is 9.31. The van der Waals surface area contributed by atoms with E-state index < -0.39 is 0 Å². The third-order valence-corrected chi connectivity index (χ3v) is 4.88. The van der Waals surface area contributed by atoms with Crippen molar-refractivity contribution in [1.29, 1.82) is 0 Å². The lowest BCUT2D eigenvalue weighted by atomic mass is 10.0. The summed E-state index contributed by atoms with van der Waals surface area (Å²) in [6.45, 7) is 1.85. The van der Waals surface area contributed by atoms with Crippen molar-refractivity contribution in [3.05, 3.63) is 0 Å². The van der Waals surface area contributed by atoms with Gasteiger partial charge in [0.15, 0.2) is 0 Å². The number of carbonyl (C=O) groups is 1. The quantitative estimate of drug-likeness (QED) is 0.697. The van der Waals surface area contributed by atoms with Crippen LogP contribution >= 0.6 is 15.9 Å². The highest BCUT2D eigenvalue weighted by Gasteiger charge is 2.28. The maximum Gasteiger partial charge on any atom is 0.222 e. The van der Waals surface area contributed by atoms with Crippen LogP contribution in [0.2, 0.25) is 0 Å². The number of ether oxygens (including phenoxy) is 1. The van der Waals surface area contributed by atoms with E-state index in [0.29, 0.717) is 24.5 Å². The minimum atomic E-state index is 0.335. The van der Waals surface area contributed by atoms with Crippen LogP contribution in [0.25, 0.3) is 0 Å². The molecule has 0 aromatic rings. The van der Waals surface area contributed by atoms with Gasteiger partial charge in [0.2, 0.25) is 5.91 Å². The number of halogens is 1. The smallest absolute Gasteiger partial charge is 0.222 e. The highest BCUT2D eigenvalue weighted by atomic mass is 79.9. The molecule has 2 rings (SSSR count). The van der Waals surface area contributed by atoms with Gasteiger partial charge in [0.1, 0.15) is 0 Å². The van der Waals surface area contributed by atoms with E-state index in [1.165, 1.54) is 32.1 Å². The summed E-state index contributed by atoms with van der Waals surface area (Å²) in [6.07, 6.45) is 10.2. The molecule has 2 heterocycles. The van der Waals surface area contributed by atoms with Gasteiger partial charge < -0.3 is 9.64 Å². The number of hydrogen-bond donors (Lipinski definition) is 0. The van der Waals surface area contributed by atoms with E-state index in [-0.39, 0.29) is 0 Å². The zero-order valence-corrected chi connectivity index (χ0v) is 13.4. The lowest BCUT2D eigenvalue weighted by Gasteiger charge is -2.27. The number of carbonyl (C=O) groups excluding carboxylic acids is 1. The molecule has 19 heavy (non-hydrogen) atoms. The summed E-state index contributed by atoms with van der Waals surface area (Å²) in [7, 11) is 0. The van der Waals surface area contributed by atoms with E-state index >= 15 is 0 Å². The monoisotopic (exact) mass is 331 g/mol. The van der Waals surface area contributed by atoms with E-state index in [1.54, 1.807) is 0 Å². The molecule has 0 aromatic heterocycles. The van der Waals surface area contributed by atoms with Crippen molar-refractivity contribution < 1.29 is 9.53 Å². The van der Waals surface area contributed by atoms with E-state index in [2.05, 4.69) is 20.8 Å². The van der Waals surface area contributed by atoms with Crippen molar-refractivity contribution in [1.82, 2.24) is 4.90 Å². The molecular weight excluding hydrogens is 306 g/mol. The molecular formula is C15H26BrNO2. The van der Waals surface area contributed by atoms with E-state index in [4.69, 9.17) is 4.74 Å². The molecule has 0 radical (unpaired) electrons. The summed E-state index contributed by atoms with van der Waals surface area (Å²) < 4.78 is 5.71. The molecule has 110 valence electrons. The van der Waals surface area contributed by atoms with E-state index in [0.717, 1.165) is 37.7 Å². The van der Waals surface area contributed by atoms with Crippen LogP contribution in [-0.4, -0.2) is 41.4 Å². The van der Waals surface area contributed by atoms with Gasteiger partial charge >= 0.3 is 0 Å². The van der Waals surface area contributed by atoms with Gasteiger partial charge in [0.25, 0.3) is 0 Å². The molecule has 0 N–H and O–H groups in total. The number of likely N-dealkylation sites (tertiary alicyclic amines) is 1. The van der Waals surface area contributed by atoms with E-state index in [9.17, 15) is 4.79 Å². The van der Waals surface area contributed by atoms with Crippen molar-refractivity contribution in [3.8, 4) is 0 Å². The third-order valence-electron chi connectivity index (χ3n) is 4.32. The Balaban J connectivity index is 1.71. The van der Waals surface area contributed by atoms with Gasteiger partial charge in [-0.25, -0.2) is 0 Å². The van der Waals surface area contributed by atoms with Crippen LogP contribution in [0.4, 0.5) is 0 Å². The van der Waals surface area contributed by atoms with Gasteiger partial charge in [-0.1, -0.05) is 15.9 Å². The standard InChI is InChI=1S/C15H26BrNO2/c16-10-3-5-13-6-4-11-17(13)15(18)9-8-14-7-1-2-12-19-14/h13-14H,1-12H2.